The van der Waals surface area contributed by atoms with Gasteiger partial charge in [-0.25, -0.2) is 9.67 Å². The molecule has 2 N–H and O–H groups in total. The Bertz CT molecular complexity index is 852. The molecule has 0 fully saturated rings. The minimum Gasteiger partial charge on any atom is -0.334 e. The lowest BCUT2D eigenvalue weighted by Crippen LogP contribution is -2.33. The lowest BCUT2D eigenvalue weighted by Gasteiger charge is -2.24. The summed E-state index contributed by atoms with van der Waals surface area (Å²) in [6.45, 7) is 3.71. The summed E-state index contributed by atoms with van der Waals surface area (Å²) in [5, 5.41) is 4.13. The summed E-state index contributed by atoms with van der Waals surface area (Å²) in [6.07, 6.45) is 3.90. The van der Waals surface area contributed by atoms with Gasteiger partial charge in [0, 0.05) is 18.7 Å². The lowest BCUT2D eigenvalue weighted by molar-refractivity contribution is 0.0741. The van der Waals surface area contributed by atoms with E-state index in [-0.39, 0.29) is 18.3 Å². The van der Waals surface area contributed by atoms with Gasteiger partial charge in [-0.05, 0) is 49.2 Å². The number of nitrogens with zero attached hydrogens (tertiary/aromatic N) is 4. The minimum absolute atomic E-state index is 0. The minimum atomic E-state index is 0. The first-order valence-electron chi connectivity index (χ1n) is 8.68. The molecule has 0 spiro atoms. The predicted molar refractivity (Wildman–Crippen MR) is 108 cm³/mol. The molecule has 0 unspecified atom stereocenters. The molecular weight excluding hydrogens is 362 g/mol. The second kappa shape index (κ2) is 9.85. The van der Waals surface area contributed by atoms with Gasteiger partial charge in [0.2, 0.25) is 0 Å². The number of rotatable bonds is 7. The van der Waals surface area contributed by atoms with Crippen molar-refractivity contribution >= 4 is 18.3 Å². The molecule has 0 saturated heterocycles. The van der Waals surface area contributed by atoms with Crippen molar-refractivity contribution in [2.24, 2.45) is 5.73 Å². The number of halogens is 1. The molecule has 1 amide bonds. The Morgan fingerprint density at radius 1 is 1.19 bits per heavy atom. The van der Waals surface area contributed by atoms with Crippen LogP contribution in [0.3, 0.4) is 0 Å². The first kappa shape index (κ1) is 20.6. The summed E-state index contributed by atoms with van der Waals surface area (Å²) < 4.78 is 1.68. The van der Waals surface area contributed by atoms with Crippen LogP contribution >= 0.6 is 12.4 Å². The van der Waals surface area contributed by atoms with Gasteiger partial charge in [0.25, 0.3) is 5.91 Å². The highest BCUT2D eigenvalue weighted by molar-refractivity contribution is 5.95. The first-order chi connectivity index (χ1) is 12.7. The molecule has 7 heteroatoms. The van der Waals surface area contributed by atoms with E-state index < -0.39 is 0 Å². The van der Waals surface area contributed by atoms with E-state index in [1.807, 2.05) is 60.4 Å². The number of carbonyl (C=O) groups excluding carboxylic acids is 1. The Kier molecular flexibility index (Phi) is 7.52. The number of aryl methyl sites for hydroxylation is 1. The maximum absolute atomic E-state index is 13.1. The Morgan fingerprint density at radius 2 is 1.96 bits per heavy atom. The van der Waals surface area contributed by atoms with E-state index in [4.69, 9.17) is 5.73 Å². The molecule has 142 valence electrons. The molecule has 0 radical (unpaired) electrons. The Hall–Kier alpha value is -2.70. The second-order valence-electron chi connectivity index (χ2n) is 6.19. The highest BCUT2D eigenvalue weighted by Gasteiger charge is 2.18. The average Bonchev–Trinajstić information content (AvgIpc) is 3.20. The van der Waals surface area contributed by atoms with Crippen molar-refractivity contribution in [1.82, 2.24) is 19.7 Å². The second-order valence-corrected chi connectivity index (χ2v) is 6.19. The van der Waals surface area contributed by atoms with Crippen molar-refractivity contribution < 1.29 is 4.79 Å². The molecule has 0 aliphatic heterocycles. The number of nitrogens with two attached hydrogens (primary N) is 1. The van der Waals surface area contributed by atoms with Crippen LogP contribution in [0.5, 0.6) is 0 Å². The normalized spacial score (nSPS) is 10.3. The van der Waals surface area contributed by atoms with E-state index in [0.717, 1.165) is 23.2 Å². The van der Waals surface area contributed by atoms with Crippen molar-refractivity contribution in [1.29, 1.82) is 0 Å². The van der Waals surface area contributed by atoms with Gasteiger partial charge in [0.1, 0.15) is 12.7 Å². The summed E-state index contributed by atoms with van der Waals surface area (Å²) in [6, 6.07) is 15.7. The molecule has 2 aromatic carbocycles. The van der Waals surface area contributed by atoms with Crippen molar-refractivity contribution in [3.8, 4) is 5.69 Å². The zero-order valence-corrected chi connectivity index (χ0v) is 16.1. The van der Waals surface area contributed by atoms with Crippen LogP contribution in [-0.4, -0.2) is 38.7 Å². The largest absolute Gasteiger partial charge is 0.334 e. The summed E-state index contributed by atoms with van der Waals surface area (Å²) in [7, 11) is 0. The van der Waals surface area contributed by atoms with E-state index >= 15 is 0 Å². The molecule has 0 atom stereocenters. The molecule has 0 aliphatic carbocycles. The number of aromatic nitrogens is 3. The zero-order chi connectivity index (χ0) is 18.4. The van der Waals surface area contributed by atoms with Crippen molar-refractivity contribution in [3.63, 3.8) is 0 Å². The number of hydrogen-bond donors (Lipinski definition) is 1. The van der Waals surface area contributed by atoms with E-state index in [1.165, 1.54) is 6.33 Å². The van der Waals surface area contributed by atoms with Crippen LogP contribution in [-0.2, 0) is 6.54 Å². The van der Waals surface area contributed by atoms with Crippen LogP contribution in [0.15, 0.2) is 61.2 Å². The maximum Gasteiger partial charge on any atom is 0.254 e. The standard InChI is InChI=1S/C20H23N5O.ClH/c1-16-12-18(25-15-22-14-23-25)8-9-19(16)20(26)24(11-5-10-21)13-17-6-3-2-4-7-17;/h2-4,6-9,12,14-15H,5,10-11,13,21H2,1H3;1H. The van der Waals surface area contributed by atoms with Gasteiger partial charge in [-0.1, -0.05) is 30.3 Å². The topological polar surface area (TPSA) is 77.0 Å². The third-order valence-electron chi connectivity index (χ3n) is 4.26. The molecule has 27 heavy (non-hydrogen) atoms. The molecule has 0 saturated carbocycles. The molecule has 0 bridgehead atoms. The van der Waals surface area contributed by atoms with Crippen LogP contribution in [0.25, 0.3) is 5.69 Å². The summed E-state index contributed by atoms with van der Waals surface area (Å²) in [5.74, 6) is 0.0185. The van der Waals surface area contributed by atoms with Gasteiger partial charge in [0.15, 0.2) is 0 Å². The molecule has 1 heterocycles. The molecule has 3 rings (SSSR count). The fourth-order valence-corrected chi connectivity index (χ4v) is 2.88. The number of benzene rings is 2. The SMILES string of the molecule is Cc1cc(-n2cncn2)ccc1C(=O)N(CCCN)Cc1ccccc1.Cl. The van der Waals surface area contributed by atoms with E-state index in [9.17, 15) is 4.79 Å². The third-order valence-corrected chi connectivity index (χ3v) is 4.26. The Balaban J connectivity index is 0.00000261. The first-order valence-corrected chi connectivity index (χ1v) is 8.68. The molecule has 0 aliphatic rings. The fourth-order valence-electron chi connectivity index (χ4n) is 2.88. The van der Waals surface area contributed by atoms with Crippen LogP contribution in [0.2, 0.25) is 0 Å². The van der Waals surface area contributed by atoms with Gasteiger partial charge >= 0.3 is 0 Å². The molecule has 1 aromatic heterocycles. The quantitative estimate of drug-likeness (QED) is 0.678. The summed E-state index contributed by atoms with van der Waals surface area (Å²) in [5.41, 5.74) is 9.26. The average molecular weight is 386 g/mol. The van der Waals surface area contributed by atoms with Gasteiger partial charge < -0.3 is 10.6 Å². The highest BCUT2D eigenvalue weighted by Crippen LogP contribution is 2.17. The lowest BCUT2D eigenvalue weighted by atomic mass is 10.1. The van der Waals surface area contributed by atoms with Crippen LogP contribution in [0, 0.1) is 6.92 Å². The predicted octanol–water partition coefficient (Wildman–Crippen LogP) is 2.99. The smallest absolute Gasteiger partial charge is 0.254 e. The van der Waals surface area contributed by atoms with Crippen LogP contribution in [0.4, 0.5) is 0 Å². The molecule has 3 aromatic rings. The van der Waals surface area contributed by atoms with Crippen molar-refractivity contribution in [2.45, 2.75) is 19.9 Å². The van der Waals surface area contributed by atoms with Crippen LogP contribution < -0.4 is 5.73 Å². The van der Waals surface area contributed by atoms with Gasteiger partial charge in [-0.3, -0.25) is 4.79 Å². The Morgan fingerprint density at radius 3 is 2.59 bits per heavy atom. The van der Waals surface area contributed by atoms with Gasteiger partial charge in [-0.15, -0.1) is 12.4 Å². The number of amides is 1. The summed E-state index contributed by atoms with van der Waals surface area (Å²) in [4.78, 5) is 18.9. The van der Waals surface area contributed by atoms with Crippen LogP contribution in [0.1, 0.15) is 27.9 Å². The molecule has 6 nitrogen and oxygen atoms in total. The van der Waals surface area contributed by atoms with E-state index in [0.29, 0.717) is 25.2 Å². The van der Waals surface area contributed by atoms with Gasteiger partial charge in [-0.2, -0.15) is 5.10 Å². The monoisotopic (exact) mass is 385 g/mol. The summed E-state index contributed by atoms with van der Waals surface area (Å²) >= 11 is 0. The number of carbonyl (C=O) groups is 1. The van der Waals surface area contributed by atoms with Gasteiger partial charge in [0.05, 0.1) is 5.69 Å². The maximum atomic E-state index is 13.1. The Labute approximate surface area is 165 Å². The third kappa shape index (κ3) is 5.15. The number of hydrogen-bond acceptors (Lipinski definition) is 4. The highest BCUT2D eigenvalue weighted by atomic mass is 35.5. The van der Waals surface area contributed by atoms with Crippen molar-refractivity contribution in [2.75, 3.05) is 13.1 Å². The molecular formula is C20H24ClN5O. The zero-order valence-electron chi connectivity index (χ0n) is 15.3. The van der Waals surface area contributed by atoms with E-state index in [2.05, 4.69) is 10.1 Å². The fraction of sp³-hybridized carbons (Fsp3) is 0.250. The van der Waals surface area contributed by atoms with E-state index in [1.54, 1.807) is 11.0 Å². The van der Waals surface area contributed by atoms with Crippen molar-refractivity contribution in [3.05, 3.63) is 77.9 Å².